The first-order chi connectivity index (χ1) is 24.1. The van der Waals surface area contributed by atoms with Crippen LogP contribution in [0.25, 0.3) is 23.0 Å². The first-order valence-electron chi connectivity index (χ1n) is 16.0. The average Bonchev–Trinajstić information content (AvgIpc) is 3.67. The second kappa shape index (κ2) is 14.4. The molecule has 0 saturated heterocycles. The average molecular weight is 693 g/mol. The molecule has 0 N–H and O–H groups in total. The number of hydrogen-bond donors (Lipinski definition) is 0. The van der Waals surface area contributed by atoms with E-state index < -0.39 is 18.0 Å². The van der Waals surface area contributed by atoms with E-state index in [1.165, 1.54) is 37.0 Å². The van der Waals surface area contributed by atoms with Crippen LogP contribution in [-0.2, 0) is 14.3 Å². The van der Waals surface area contributed by atoms with Crippen molar-refractivity contribution in [1.82, 2.24) is 14.3 Å². The summed E-state index contributed by atoms with van der Waals surface area (Å²) < 4.78 is 25.6. The number of aryl methyl sites for hydroxylation is 1. The summed E-state index contributed by atoms with van der Waals surface area (Å²) in [5, 5.41) is 4.96. The highest BCUT2D eigenvalue weighted by molar-refractivity contribution is 7.07. The van der Waals surface area contributed by atoms with Gasteiger partial charge in [-0.15, -0.1) is 0 Å². The van der Waals surface area contributed by atoms with Gasteiger partial charge in [0.25, 0.3) is 5.56 Å². The highest BCUT2D eigenvalue weighted by Crippen LogP contribution is 2.36. The lowest BCUT2D eigenvalue weighted by Gasteiger charge is -2.25. The highest BCUT2D eigenvalue weighted by atomic mass is 32.1. The molecule has 6 rings (SSSR count). The van der Waals surface area contributed by atoms with Gasteiger partial charge >= 0.3 is 11.9 Å². The van der Waals surface area contributed by atoms with Crippen LogP contribution in [-0.4, -0.2) is 47.1 Å². The molecular formula is C38H36N4O7S. The Bertz CT molecular complexity index is 2320. The zero-order chi connectivity index (χ0) is 35.5. The molecule has 11 nitrogen and oxygen atoms in total. The van der Waals surface area contributed by atoms with Crippen LogP contribution in [0.5, 0.6) is 17.2 Å². The fourth-order valence-corrected chi connectivity index (χ4v) is 6.88. The molecule has 0 amide bonds. The molecule has 0 aliphatic carbocycles. The predicted octanol–water partition coefficient (Wildman–Crippen LogP) is 5.29. The molecule has 0 bridgehead atoms. The Balaban J connectivity index is 1.54. The molecule has 0 saturated carbocycles. The maximum atomic E-state index is 14.4. The maximum Gasteiger partial charge on any atom is 0.338 e. The summed E-state index contributed by atoms with van der Waals surface area (Å²) in [6, 6.07) is 19.7. The standard InChI is InChI=1S/C38H36N4O7S/c1-7-17-48-29-15-13-25(18-22(29)2)34-27(21-41(40-34)28-11-9-8-10-12-28)20-32-36(44)42-35(33(37(45)47-6)23(3)39-38(42)50-32)26-14-16-30(49-24(4)43)31(19-26)46-5/h8-16,18-21,35H,7,17H2,1-6H3/b32-20-. The number of nitrogens with zero attached hydrogens (tertiary/aromatic N) is 4. The van der Waals surface area contributed by atoms with Crippen molar-refractivity contribution in [3.63, 3.8) is 0 Å². The number of hydrogen-bond acceptors (Lipinski definition) is 10. The van der Waals surface area contributed by atoms with Crippen molar-refractivity contribution in [3.05, 3.63) is 121 Å². The predicted molar refractivity (Wildman–Crippen MR) is 190 cm³/mol. The van der Waals surface area contributed by atoms with Crippen LogP contribution < -0.4 is 29.1 Å². The number of ether oxygens (including phenoxy) is 4. The number of para-hydroxylation sites is 1. The van der Waals surface area contributed by atoms with E-state index in [-0.39, 0.29) is 22.6 Å². The van der Waals surface area contributed by atoms with Gasteiger partial charge in [0.2, 0.25) is 0 Å². The Morgan fingerprint density at radius 3 is 2.42 bits per heavy atom. The smallest absolute Gasteiger partial charge is 0.338 e. The SMILES string of the molecule is CCCOc1ccc(-c2nn(-c3ccccc3)cc2/C=c2\sc3n(c2=O)C(c2ccc(OC(C)=O)c(OC)c2)C(C(=O)OC)=C(C)N=3)cc1C. The number of fused-ring (bicyclic) bond motifs is 1. The number of carbonyl (C=O) groups is 2. The lowest BCUT2D eigenvalue weighted by molar-refractivity contribution is -0.136. The first kappa shape index (κ1) is 34.1. The normalized spacial score (nSPS) is 14.2. The Kier molecular flexibility index (Phi) is 9.82. The minimum Gasteiger partial charge on any atom is -0.493 e. The van der Waals surface area contributed by atoms with Gasteiger partial charge in [0.1, 0.15) is 11.4 Å². The Morgan fingerprint density at radius 2 is 1.74 bits per heavy atom. The van der Waals surface area contributed by atoms with Gasteiger partial charge in [0, 0.05) is 24.2 Å². The number of esters is 2. The van der Waals surface area contributed by atoms with Gasteiger partial charge in [-0.1, -0.05) is 42.5 Å². The van der Waals surface area contributed by atoms with Crippen LogP contribution >= 0.6 is 11.3 Å². The monoisotopic (exact) mass is 692 g/mol. The van der Waals surface area contributed by atoms with Crippen LogP contribution in [0.2, 0.25) is 0 Å². The zero-order valence-electron chi connectivity index (χ0n) is 28.6. The molecule has 1 aliphatic heterocycles. The molecule has 0 fully saturated rings. The van der Waals surface area contributed by atoms with Gasteiger partial charge in [-0.05, 0) is 79.9 Å². The summed E-state index contributed by atoms with van der Waals surface area (Å²) in [4.78, 5) is 44.4. The molecule has 0 radical (unpaired) electrons. The van der Waals surface area contributed by atoms with Crippen molar-refractivity contribution in [3.8, 4) is 34.2 Å². The molecule has 1 aliphatic rings. The molecule has 1 unspecified atom stereocenters. The molecule has 0 spiro atoms. The number of allylic oxidation sites excluding steroid dienone is 1. The molecule has 3 heterocycles. The molecular weight excluding hydrogens is 657 g/mol. The third-order valence-electron chi connectivity index (χ3n) is 8.14. The van der Waals surface area contributed by atoms with Crippen molar-refractivity contribution in [2.24, 2.45) is 4.99 Å². The molecule has 1 atom stereocenters. The Hall–Kier alpha value is -5.75. The van der Waals surface area contributed by atoms with Crippen molar-refractivity contribution in [2.45, 2.75) is 40.2 Å². The van der Waals surface area contributed by atoms with Crippen molar-refractivity contribution < 1.29 is 28.5 Å². The van der Waals surface area contributed by atoms with Gasteiger partial charge in [0.05, 0.1) is 48.4 Å². The van der Waals surface area contributed by atoms with Crippen LogP contribution in [0.4, 0.5) is 0 Å². The molecule has 256 valence electrons. The van der Waals surface area contributed by atoms with Gasteiger partial charge in [-0.25, -0.2) is 14.5 Å². The largest absolute Gasteiger partial charge is 0.493 e. The minimum atomic E-state index is -0.897. The van der Waals surface area contributed by atoms with E-state index >= 15 is 0 Å². The number of aromatic nitrogens is 3. The lowest BCUT2D eigenvalue weighted by Crippen LogP contribution is -2.39. The molecule has 2 aromatic heterocycles. The van der Waals surface area contributed by atoms with E-state index in [4.69, 9.17) is 24.0 Å². The topological polar surface area (TPSA) is 123 Å². The van der Waals surface area contributed by atoms with Crippen molar-refractivity contribution >= 4 is 29.4 Å². The van der Waals surface area contributed by atoms with Crippen LogP contribution in [0.3, 0.4) is 0 Å². The van der Waals surface area contributed by atoms with E-state index in [1.54, 1.807) is 35.9 Å². The van der Waals surface area contributed by atoms with Crippen molar-refractivity contribution in [1.29, 1.82) is 0 Å². The van der Waals surface area contributed by atoms with E-state index in [0.717, 1.165) is 29.0 Å². The number of carbonyl (C=O) groups excluding carboxylic acids is 2. The van der Waals surface area contributed by atoms with Gasteiger partial charge < -0.3 is 18.9 Å². The van der Waals surface area contributed by atoms with Crippen LogP contribution in [0.15, 0.2) is 94.0 Å². The summed E-state index contributed by atoms with van der Waals surface area (Å²) in [5.41, 5.74) is 4.89. The first-order valence-corrected chi connectivity index (χ1v) is 16.8. The van der Waals surface area contributed by atoms with E-state index in [1.807, 2.05) is 61.7 Å². The Labute approximate surface area is 292 Å². The fourth-order valence-electron chi connectivity index (χ4n) is 5.84. The third kappa shape index (κ3) is 6.61. The van der Waals surface area contributed by atoms with E-state index in [0.29, 0.717) is 38.5 Å². The number of rotatable bonds is 10. The number of thiazole rings is 1. The highest BCUT2D eigenvalue weighted by Gasteiger charge is 2.34. The van der Waals surface area contributed by atoms with Crippen LogP contribution in [0.1, 0.15) is 49.9 Å². The lowest BCUT2D eigenvalue weighted by atomic mass is 9.95. The maximum absolute atomic E-state index is 14.4. The second-order valence-electron chi connectivity index (χ2n) is 11.6. The summed E-state index contributed by atoms with van der Waals surface area (Å²) in [5.74, 6) is 0.141. The third-order valence-corrected chi connectivity index (χ3v) is 9.13. The molecule has 5 aromatic rings. The molecule has 50 heavy (non-hydrogen) atoms. The summed E-state index contributed by atoms with van der Waals surface area (Å²) >= 11 is 1.21. The van der Waals surface area contributed by atoms with Crippen LogP contribution in [0, 0.1) is 6.92 Å². The number of benzene rings is 3. The summed E-state index contributed by atoms with van der Waals surface area (Å²) in [6.07, 6.45) is 4.60. The minimum absolute atomic E-state index is 0.201. The number of methoxy groups -OCH3 is 2. The second-order valence-corrected chi connectivity index (χ2v) is 12.6. The quantitative estimate of drug-likeness (QED) is 0.143. The van der Waals surface area contributed by atoms with Crippen molar-refractivity contribution in [2.75, 3.05) is 20.8 Å². The summed E-state index contributed by atoms with van der Waals surface area (Å²) in [7, 11) is 2.73. The van der Waals surface area contributed by atoms with E-state index in [9.17, 15) is 14.4 Å². The molecule has 3 aromatic carbocycles. The fraction of sp³-hybridized carbons (Fsp3) is 0.237. The molecule has 12 heteroatoms. The van der Waals surface area contributed by atoms with E-state index in [2.05, 4.69) is 11.9 Å². The zero-order valence-corrected chi connectivity index (χ0v) is 29.4. The van der Waals surface area contributed by atoms with Gasteiger partial charge in [-0.2, -0.15) is 5.10 Å². The van der Waals surface area contributed by atoms with Gasteiger partial charge in [0.15, 0.2) is 16.3 Å². The van der Waals surface area contributed by atoms with Gasteiger partial charge in [-0.3, -0.25) is 14.2 Å². The Morgan fingerprint density at radius 1 is 0.980 bits per heavy atom. The summed E-state index contributed by atoms with van der Waals surface area (Å²) in [6.45, 7) is 7.68.